The fourth-order valence-corrected chi connectivity index (χ4v) is 2.75. The van der Waals surface area contributed by atoms with E-state index in [1.165, 1.54) is 11.3 Å². The number of rotatable bonds is 4. The molecule has 0 fully saturated rings. The molecule has 0 spiro atoms. The fourth-order valence-electron chi connectivity index (χ4n) is 2.20. The zero-order chi connectivity index (χ0) is 13.2. The maximum absolute atomic E-state index is 12.1. The van der Waals surface area contributed by atoms with Gasteiger partial charge in [0.2, 0.25) is 0 Å². The molecule has 4 nitrogen and oxygen atoms in total. The first-order valence-electron chi connectivity index (χ1n) is 6.15. The zero-order valence-electron chi connectivity index (χ0n) is 10.5. The van der Waals surface area contributed by atoms with Crippen molar-refractivity contribution in [3.63, 3.8) is 0 Å². The number of benzene rings is 1. The topological polar surface area (TPSA) is 47.8 Å². The maximum atomic E-state index is 12.1. The van der Waals surface area contributed by atoms with Crippen molar-refractivity contribution >= 4 is 28.2 Å². The maximum Gasteiger partial charge on any atom is 0.189 e. The molecular weight excluding hydrogens is 258 g/mol. The first kappa shape index (κ1) is 12.0. The Morgan fingerprint density at radius 2 is 2.21 bits per heavy atom. The predicted octanol–water partition coefficient (Wildman–Crippen LogP) is 2.94. The number of aryl methyl sites for hydroxylation is 1. The molecule has 3 rings (SSSR count). The van der Waals surface area contributed by atoms with Gasteiger partial charge in [0.1, 0.15) is 11.5 Å². The minimum Gasteiger partial charge on any atom is -0.328 e. The van der Waals surface area contributed by atoms with Crippen LogP contribution in [-0.4, -0.2) is 20.3 Å². The number of nitrogens with zero attached hydrogens (tertiary/aromatic N) is 3. The van der Waals surface area contributed by atoms with E-state index in [9.17, 15) is 4.79 Å². The Labute approximate surface area is 114 Å². The normalized spacial score (nSPS) is 11.0. The average molecular weight is 271 g/mol. The number of aromatic nitrogens is 3. The number of imidazole rings is 1. The summed E-state index contributed by atoms with van der Waals surface area (Å²) in [6, 6.07) is 7.95. The molecule has 0 amide bonds. The number of carbonyl (C=O) groups is 1. The summed E-state index contributed by atoms with van der Waals surface area (Å²) in [5, 5.41) is 1.78. The van der Waals surface area contributed by atoms with Gasteiger partial charge in [0.05, 0.1) is 23.0 Å². The van der Waals surface area contributed by atoms with Crippen LogP contribution in [0.3, 0.4) is 0 Å². The average Bonchev–Trinajstić information content (AvgIpc) is 3.05. The Hall–Kier alpha value is -2.01. The summed E-state index contributed by atoms with van der Waals surface area (Å²) in [5.74, 6) is 0.827. The van der Waals surface area contributed by atoms with Gasteiger partial charge in [-0.3, -0.25) is 4.79 Å². The second-order valence-corrected chi connectivity index (χ2v) is 4.95. The number of Topliss-reactive ketones (excluding diaryl/α,β-unsaturated/α-hetero) is 1. The third kappa shape index (κ3) is 2.17. The van der Waals surface area contributed by atoms with Gasteiger partial charge in [0.15, 0.2) is 5.78 Å². The van der Waals surface area contributed by atoms with Crippen LogP contribution in [0.5, 0.6) is 0 Å². The molecule has 0 aliphatic heterocycles. The minimum atomic E-state index is 0.0197. The standard InChI is InChI=1S/C14H13N3OS/c1-2-17-12-6-4-3-5-10(12)16-14(17)7-13(18)11-8-19-9-15-11/h3-6,8-9H,2,7H2,1H3. The van der Waals surface area contributed by atoms with Crippen LogP contribution in [0.25, 0.3) is 11.0 Å². The lowest BCUT2D eigenvalue weighted by atomic mass is 10.2. The summed E-state index contributed by atoms with van der Waals surface area (Å²) in [6.45, 7) is 2.87. The van der Waals surface area contributed by atoms with Crippen LogP contribution in [0.15, 0.2) is 35.2 Å². The number of para-hydroxylation sites is 2. The highest BCUT2D eigenvalue weighted by Crippen LogP contribution is 2.17. The van der Waals surface area contributed by atoms with E-state index < -0.39 is 0 Å². The Morgan fingerprint density at radius 1 is 1.37 bits per heavy atom. The highest BCUT2D eigenvalue weighted by Gasteiger charge is 2.15. The van der Waals surface area contributed by atoms with Gasteiger partial charge in [-0.2, -0.15) is 0 Å². The molecular formula is C14H13N3OS. The van der Waals surface area contributed by atoms with Crippen LogP contribution in [0.4, 0.5) is 0 Å². The van der Waals surface area contributed by atoms with E-state index in [1.807, 2.05) is 24.3 Å². The molecule has 1 aromatic carbocycles. The largest absolute Gasteiger partial charge is 0.328 e. The van der Waals surface area contributed by atoms with Crippen LogP contribution in [0.1, 0.15) is 23.2 Å². The minimum absolute atomic E-state index is 0.0197. The van der Waals surface area contributed by atoms with E-state index in [2.05, 4.69) is 21.5 Å². The summed E-state index contributed by atoms with van der Waals surface area (Å²) < 4.78 is 2.08. The molecule has 0 radical (unpaired) electrons. The lowest BCUT2D eigenvalue weighted by Gasteiger charge is -2.04. The van der Waals surface area contributed by atoms with Crippen molar-refractivity contribution in [1.29, 1.82) is 0 Å². The number of fused-ring (bicyclic) bond motifs is 1. The SMILES string of the molecule is CCn1c(CC(=O)c2cscn2)nc2ccccc21. The molecule has 0 unspecified atom stereocenters. The lowest BCUT2D eigenvalue weighted by molar-refractivity contribution is 0.0986. The van der Waals surface area contributed by atoms with Gasteiger partial charge in [-0.05, 0) is 19.1 Å². The van der Waals surface area contributed by atoms with Crippen molar-refractivity contribution in [1.82, 2.24) is 14.5 Å². The number of ketones is 1. The molecule has 5 heteroatoms. The molecule has 0 bridgehead atoms. The van der Waals surface area contributed by atoms with Crippen LogP contribution < -0.4 is 0 Å². The highest BCUT2D eigenvalue weighted by atomic mass is 32.1. The van der Waals surface area contributed by atoms with E-state index in [1.54, 1.807) is 10.9 Å². The van der Waals surface area contributed by atoms with Gasteiger partial charge in [0.25, 0.3) is 0 Å². The van der Waals surface area contributed by atoms with Crippen molar-refractivity contribution in [2.45, 2.75) is 19.9 Å². The number of hydrogen-bond acceptors (Lipinski definition) is 4. The smallest absolute Gasteiger partial charge is 0.189 e. The summed E-state index contributed by atoms with van der Waals surface area (Å²) in [6.07, 6.45) is 0.298. The molecule has 0 aliphatic rings. The van der Waals surface area contributed by atoms with Crippen molar-refractivity contribution in [2.75, 3.05) is 0 Å². The monoisotopic (exact) mass is 271 g/mol. The van der Waals surface area contributed by atoms with Crippen LogP contribution in [0, 0.1) is 0 Å². The van der Waals surface area contributed by atoms with Crippen molar-refractivity contribution in [2.24, 2.45) is 0 Å². The molecule has 2 heterocycles. The van der Waals surface area contributed by atoms with E-state index in [-0.39, 0.29) is 5.78 Å². The second-order valence-electron chi connectivity index (χ2n) is 4.23. The molecule has 0 atom stereocenters. The highest BCUT2D eigenvalue weighted by molar-refractivity contribution is 7.07. The molecule has 0 saturated heterocycles. The molecule has 19 heavy (non-hydrogen) atoms. The van der Waals surface area contributed by atoms with Gasteiger partial charge in [-0.1, -0.05) is 12.1 Å². The summed E-state index contributed by atoms with van der Waals surface area (Å²) in [7, 11) is 0. The van der Waals surface area contributed by atoms with E-state index in [4.69, 9.17) is 0 Å². The molecule has 0 saturated carbocycles. The molecule has 3 aromatic rings. The summed E-state index contributed by atoms with van der Waals surface area (Å²) >= 11 is 1.43. The molecule has 2 aromatic heterocycles. The third-order valence-corrected chi connectivity index (χ3v) is 3.67. The van der Waals surface area contributed by atoms with Gasteiger partial charge in [-0.15, -0.1) is 11.3 Å². The van der Waals surface area contributed by atoms with E-state index >= 15 is 0 Å². The Bertz CT molecular complexity index is 715. The molecule has 96 valence electrons. The molecule has 0 N–H and O–H groups in total. The number of thiazole rings is 1. The van der Waals surface area contributed by atoms with Gasteiger partial charge >= 0.3 is 0 Å². The van der Waals surface area contributed by atoms with E-state index in [0.29, 0.717) is 12.1 Å². The fraction of sp³-hybridized carbons (Fsp3) is 0.214. The van der Waals surface area contributed by atoms with Crippen LogP contribution >= 0.6 is 11.3 Å². The first-order chi connectivity index (χ1) is 9.29. The van der Waals surface area contributed by atoms with Gasteiger partial charge in [-0.25, -0.2) is 9.97 Å². The predicted molar refractivity (Wildman–Crippen MR) is 75.6 cm³/mol. The second kappa shape index (κ2) is 4.93. The van der Waals surface area contributed by atoms with E-state index in [0.717, 1.165) is 23.4 Å². The Kier molecular flexibility index (Phi) is 3.13. The van der Waals surface area contributed by atoms with Gasteiger partial charge < -0.3 is 4.57 Å². The third-order valence-electron chi connectivity index (χ3n) is 3.09. The first-order valence-corrected chi connectivity index (χ1v) is 7.09. The van der Waals surface area contributed by atoms with Crippen molar-refractivity contribution in [3.05, 3.63) is 46.7 Å². The Morgan fingerprint density at radius 3 is 2.95 bits per heavy atom. The number of hydrogen-bond donors (Lipinski definition) is 0. The van der Waals surface area contributed by atoms with Crippen LogP contribution in [0.2, 0.25) is 0 Å². The molecule has 0 aliphatic carbocycles. The lowest BCUT2D eigenvalue weighted by Crippen LogP contribution is -2.10. The number of carbonyl (C=O) groups excluding carboxylic acids is 1. The summed E-state index contributed by atoms with van der Waals surface area (Å²) in [4.78, 5) is 20.7. The zero-order valence-corrected chi connectivity index (χ0v) is 11.4. The Balaban J connectivity index is 1.99. The summed E-state index contributed by atoms with van der Waals surface area (Å²) in [5.41, 5.74) is 4.21. The van der Waals surface area contributed by atoms with Gasteiger partial charge in [0, 0.05) is 11.9 Å². The van der Waals surface area contributed by atoms with Crippen molar-refractivity contribution < 1.29 is 4.79 Å². The van der Waals surface area contributed by atoms with Crippen LogP contribution in [-0.2, 0) is 13.0 Å². The quantitative estimate of drug-likeness (QED) is 0.685. The van der Waals surface area contributed by atoms with Crippen molar-refractivity contribution in [3.8, 4) is 0 Å².